The third-order valence-corrected chi connectivity index (χ3v) is 3.85. The van der Waals surface area contributed by atoms with Gasteiger partial charge in [0.25, 0.3) is 0 Å². The molecule has 0 aromatic heterocycles. The lowest BCUT2D eigenvalue weighted by Gasteiger charge is -2.17. The Kier molecular flexibility index (Phi) is 2.69. The maximum absolute atomic E-state index is 11.7. The van der Waals surface area contributed by atoms with Crippen LogP contribution in [0, 0.1) is 0 Å². The molecule has 1 aliphatic rings. The van der Waals surface area contributed by atoms with Crippen molar-refractivity contribution in [3.05, 3.63) is 29.3 Å². The molecule has 0 atom stereocenters. The van der Waals surface area contributed by atoms with Gasteiger partial charge in [0.1, 0.15) is 0 Å². The Hall–Kier alpha value is -1.40. The van der Waals surface area contributed by atoms with Crippen LogP contribution in [0.1, 0.15) is 15.9 Å². The number of fused-ring (bicyclic) bond motifs is 1. The van der Waals surface area contributed by atoms with Crippen molar-refractivity contribution >= 4 is 15.8 Å². The van der Waals surface area contributed by atoms with Gasteiger partial charge in [-0.3, -0.25) is 0 Å². The lowest BCUT2D eigenvalue weighted by atomic mass is 10.1. The first kappa shape index (κ1) is 11.1. The predicted octanol–water partition coefficient (Wildman–Crippen LogP) is 0.735. The van der Waals surface area contributed by atoms with Crippen LogP contribution in [0.15, 0.2) is 23.1 Å². The van der Waals surface area contributed by atoms with E-state index in [1.807, 2.05) is 0 Å². The molecule has 5 nitrogen and oxygen atoms in total. The standard InChI is InChI=1S/C10H10O5S/c1-14-10(11)7-2-3-8-5-15-6-16(12,13)9(8)4-7/h2-4H,5-6H2,1H3. The Morgan fingerprint density at radius 2 is 2.19 bits per heavy atom. The first-order valence-corrected chi connectivity index (χ1v) is 6.21. The lowest BCUT2D eigenvalue weighted by Crippen LogP contribution is -2.19. The molecular formula is C10H10O5S. The van der Waals surface area contributed by atoms with Crippen LogP contribution in [0.25, 0.3) is 0 Å². The number of hydrogen-bond donors (Lipinski definition) is 0. The molecule has 0 saturated heterocycles. The monoisotopic (exact) mass is 242 g/mol. The van der Waals surface area contributed by atoms with E-state index in [9.17, 15) is 13.2 Å². The molecule has 16 heavy (non-hydrogen) atoms. The number of carbonyl (C=O) groups excluding carboxylic acids is 1. The van der Waals surface area contributed by atoms with Crippen LogP contribution < -0.4 is 0 Å². The summed E-state index contributed by atoms with van der Waals surface area (Å²) >= 11 is 0. The van der Waals surface area contributed by atoms with Crippen LogP contribution in [0.4, 0.5) is 0 Å². The van der Waals surface area contributed by atoms with Gasteiger partial charge in [-0.05, 0) is 17.7 Å². The third kappa shape index (κ3) is 1.81. The Balaban J connectivity index is 2.56. The smallest absolute Gasteiger partial charge is 0.337 e. The first-order chi connectivity index (χ1) is 7.54. The summed E-state index contributed by atoms with van der Waals surface area (Å²) in [7, 11) is -2.19. The summed E-state index contributed by atoms with van der Waals surface area (Å²) in [5, 5.41) is 0. The first-order valence-electron chi connectivity index (χ1n) is 4.56. The average molecular weight is 242 g/mol. The largest absolute Gasteiger partial charge is 0.465 e. The van der Waals surface area contributed by atoms with Crippen molar-refractivity contribution < 1.29 is 22.7 Å². The van der Waals surface area contributed by atoms with Crippen LogP contribution in [-0.4, -0.2) is 27.4 Å². The van der Waals surface area contributed by atoms with Gasteiger partial charge >= 0.3 is 5.97 Å². The fourth-order valence-electron chi connectivity index (χ4n) is 1.53. The summed E-state index contributed by atoms with van der Waals surface area (Å²) in [5.41, 5.74) is 0.797. The molecule has 0 bridgehead atoms. The zero-order valence-electron chi connectivity index (χ0n) is 8.60. The molecule has 0 N–H and O–H groups in total. The second kappa shape index (κ2) is 3.88. The van der Waals surface area contributed by atoms with Gasteiger partial charge in [-0.25, -0.2) is 13.2 Å². The SMILES string of the molecule is COC(=O)c1ccc2c(c1)S(=O)(=O)COC2. The van der Waals surface area contributed by atoms with Crippen LogP contribution in [0.2, 0.25) is 0 Å². The molecule has 0 aliphatic carbocycles. The Labute approximate surface area is 92.9 Å². The highest BCUT2D eigenvalue weighted by Crippen LogP contribution is 2.24. The Morgan fingerprint density at radius 1 is 1.44 bits per heavy atom. The maximum atomic E-state index is 11.7. The molecule has 1 aliphatic heterocycles. The predicted molar refractivity (Wildman–Crippen MR) is 54.6 cm³/mol. The number of sulfone groups is 1. The van der Waals surface area contributed by atoms with E-state index in [1.54, 1.807) is 6.07 Å². The summed E-state index contributed by atoms with van der Waals surface area (Å²) in [5.74, 6) is -0.894. The summed E-state index contributed by atoms with van der Waals surface area (Å²) in [6.07, 6.45) is 0. The van der Waals surface area contributed by atoms with E-state index >= 15 is 0 Å². The second-order valence-corrected chi connectivity index (χ2v) is 5.30. The fourth-order valence-corrected chi connectivity index (χ4v) is 2.80. The third-order valence-electron chi connectivity index (χ3n) is 2.32. The lowest BCUT2D eigenvalue weighted by molar-refractivity contribution is 0.0600. The van der Waals surface area contributed by atoms with Gasteiger partial charge in [-0.15, -0.1) is 0 Å². The minimum absolute atomic E-state index is 0.154. The van der Waals surface area contributed by atoms with Crippen molar-refractivity contribution in [3.8, 4) is 0 Å². The fraction of sp³-hybridized carbons (Fsp3) is 0.300. The number of ether oxygens (including phenoxy) is 2. The molecule has 0 saturated carbocycles. The highest BCUT2D eigenvalue weighted by molar-refractivity contribution is 7.91. The van der Waals surface area contributed by atoms with Crippen molar-refractivity contribution in [2.75, 3.05) is 13.0 Å². The number of hydrogen-bond acceptors (Lipinski definition) is 5. The number of benzene rings is 1. The van der Waals surface area contributed by atoms with Crippen molar-refractivity contribution in [2.45, 2.75) is 11.5 Å². The molecule has 1 aromatic carbocycles. The molecule has 1 heterocycles. The van der Waals surface area contributed by atoms with Gasteiger partial charge in [-0.2, -0.15) is 0 Å². The Bertz CT molecular complexity index is 532. The molecule has 6 heteroatoms. The topological polar surface area (TPSA) is 69.7 Å². The van der Waals surface area contributed by atoms with E-state index in [-0.39, 0.29) is 23.0 Å². The van der Waals surface area contributed by atoms with E-state index in [4.69, 9.17) is 4.74 Å². The minimum Gasteiger partial charge on any atom is -0.465 e. The van der Waals surface area contributed by atoms with Crippen LogP contribution in [-0.2, 0) is 25.9 Å². The van der Waals surface area contributed by atoms with Crippen LogP contribution >= 0.6 is 0 Å². The van der Waals surface area contributed by atoms with Gasteiger partial charge in [0, 0.05) is 0 Å². The van der Waals surface area contributed by atoms with E-state index in [0.717, 1.165) is 0 Å². The zero-order chi connectivity index (χ0) is 11.8. The second-order valence-electron chi connectivity index (χ2n) is 3.40. The van der Waals surface area contributed by atoms with Gasteiger partial charge in [-0.1, -0.05) is 6.07 Å². The maximum Gasteiger partial charge on any atom is 0.337 e. The van der Waals surface area contributed by atoms with Crippen LogP contribution in [0.5, 0.6) is 0 Å². The highest BCUT2D eigenvalue weighted by Gasteiger charge is 2.25. The quantitative estimate of drug-likeness (QED) is 0.679. The number of rotatable bonds is 1. The summed E-state index contributed by atoms with van der Waals surface area (Å²) in [6, 6.07) is 4.42. The average Bonchev–Trinajstić information content (AvgIpc) is 2.27. The van der Waals surface area contributed by atoms with Gasteiger partial charge in [0.15, 0.2) is 5.94 Å². The molecule has 0 fully saturated rings. The van der Waals surface area contributed by atoms with Crippen molar-refractivity contribution in [2.24, 2.45) is 0 Å². The summed E-state index contributed by atoms with van der Waals surface area (Å²) < 4.78 is 32.8. The van der Waals surface area contributed by atoms with E-state index in [0.29, 0.717) is 5.56 Å². The summed E-state index contributed by atoms with van der Waals surface area (Å²) in [4.78, 5) is 11.4. The Morgan fingerprint density at radius 3 is 2.88 bits per heavy atom. The zero-order valence-corrected chi connectivity index (χ0v) is 9.41. The van der Waals surface area contributed by atoms with Gasteiger partial charge in [0.2, 0.25) is 9.84 Å². The molecule has 0 unspecified atom stereocenters. The summed E-state index contributed by atoms with van der Waals surface area (Å²) in [6.45, 7) is 0.246. The molecular weight excluding hydrogens is 232 g/mol. The molecule has 0 spiro atoms. The minimum atomic E-state index is -3.44. The normalized spacial score (nSPS) is 17.6. The number of methoxy groups -OCH3 is 1. The molecule has 1 aromatic rings. The highest BCUT2D eigenvalue weighted by atomic mass is 32.2. The molecule has 86 valence electrons. The van der Waals surface area contributed by atoms with Crippen molar-refractivity contribution in [1.82, 2.24) is 0 Å². The van der Waals surface area contributed by atoms with Crippen molar-refractivity contribution in [1.29, 1.82) is 0 Å². The van der Waals surface area contributed by atoms with E-state index in [1.165, 1.54) is 19.2 Å². The molecule has 0 radical (unpaired) electrons. The van der Waals surface area contributed by atoms with Crippen molar-refractivity contribution in [3.63, 3.8) is 0 Å². The van der Waals surface area contributed by atoms with E-state index < -0.39 is 15.8 Å². The van der Waals surface area contributed by atoms with E-state index in [2.05, 4.69) is 4.74 Å². The van der Waals surface area contributed by atoms with Gasteiger partial charge < -0.3 is 9.47 Å². The molecule has 2 rings (SSSR count). The number of esters is 1. The van der Waals surface area contributed by atoms with Gasteiger partial charge in [0.05, 0.1) is 24.2 Å². The molecule has 0 amide bonds. The van der Waals surface area contributed by atoms with Crippen LogP contribution in [0.3, 0.4) is 0 Å². The number of carbonyl (C=O) groups is 1.